The zero-order chi connectivity index (χ0) is 41.2. The van der Waals surface area contributed by atoms with E-state index in [0.29, 0.717) is 0 Å². The summed E-state index contributed by atoms with van der Waals surface area (Å²) in [6.45, 7) is 21.2. The van der Waals surface area contributed by atoms with Crippen molar-refractivity contribution in [3.63, 3.8) is 0 Å². The first-order valence-electron chi connectivity index (χ1n) is 21.9. The predicted molar refractivity (Wildman–Crippen MR) is 255 cm³/mol. The van der Waals surface area contributed by atoms with Gasteiger partial charge >= 0.3 is 0 Å². The molecule has 1 heterocycles. The standard InChI is InChI=1S/C40H41N.C13H10.2C2H6/c1-6-8-10-39-28(4)29(5)40(11-9-7-2)41(39)36-20-16-31(17-21-36)33-19-23-38-35(25-33)26-34-24-32(18-22-37(34)38)30-14-12-27(3)13-15-30;1-3-7-12-10(5-1)9-11-6-2-4-8-13(11)12;2*1-2/h6,8,10,12-18,20-22,24-25H,4,7,9,11,19,23,26H2,1-3,5H3;1-8H,9H2;2*1-2H3/b8-6-,39-10+;;;. The van der Waals surface area contributed by atoms with Crippen molar-refractivity contribution in [2.75, 3.05) is 0 Å². The second-order valence-corrected chi connectivity index (χ2v) is 15.2. The van der Waals surface area contributed by atoms with E-state index in [1.807, 2.05) is 27.7 Å². The minimum absolute atomic E-state index is 1.03. The highest BCUT2D eigenvalue weighted by molar-refractivity contribution is 5.87. The fraction of sp³-hybridized carbons (Fsp3) is 0.263. The van der Waals surface area contributed by atoms with Gasteiger partial charge in [-0.2, -0.15) is 0 Å². The first-order chi connectivity index (χ1) is 28.4. The Bertz CT molecular complexity index is 2500. The highest BCUT2D eigenvalue weighted by Crippen LogP contribution is 2.44. The molecule has 1 heteroatoms. The molecule has 296 valence electrons. The molecule has 0 radical (unpaired) electrons. The number of nitrogens with zero attached hydrogens (tertiary/aromatic N) is 1. The molecule has 0 spiro atoms. The van der Waals surface area contributed by atoms with E-state index in [9.17, 15) is 0 Å². The molecule has 0 fully saturated rings. The Morgan fingerprint density at radius 2 is 1.28 bits per heavy atom. The smallest absolute Gasteiger partial charge is 0.0528 e. The van der Waals surface area contributed by atoms with Crippen LogP contribution in [0.1, 0.15) is 112 Å². The van der Waals surface area contributed by atoms with Crippen molar-refractivity contribution in [3.05, 3.63) is 194 Å². The number of hydrogen-bond donors (Lipinski definition) is 0. The molecule has 0 aliphatic heterocycles. The number of aromatic nitrogens is 1. The maximum Gasteiger partial charge on any atom is 0.0528 e. The summed E-state index contributed by atoms with van der Waals surface area (Å²) in [7, 11) is 0. The van der Waals surface area contributed by atoms with Crippen LogP contribution in [0.3, 0.4) is 0 Å². The second kappa shape index (κ2) is 19.7. The molecule has 0 unspecified atom stereocenters. The van der Waals surface area contributed by atoms with Crippen molar-refractivity contribution < 1.29 is 0 Å². The Morgan fingerprint density at radius 1 is 0.655 bits per heavy atom. The molecular weight excluding hydrogens is 699 g/mol. The molecule has 0 saturated carbocycles. The summed E-state index contributed by atoms with van der Waals surface area (Å²) < 4.78 is 2.44. The summed E-state index contributed by atoms with van der Waals surface area (Å²) >= 11 is 0. The van der Waals surface area contributed by atoms with Crippen LogP contribution >= 0.6 is 0 Å². The number of hydrogen-bond acceptors (Lipinski definition) is 0. The Morgan fingerprint density at radius 3 is 1.91 bits per heavy atom. The summed E-state index contributed by atoms with van der Waals surface area (Å²) in [5.41, 5.74) is 22.4. The lowest BCUT2D eigenvalue weighted by Gasteiger charge is -2.17. The Balaban J connectivity index is 0.000000277. The van der Waals surface area contributed by atoms with Crippen molar-refractivity contribution in [2.45, 2.75) is 100 Å². The van der Waals surface area contributed by atoms with E-state index in [1.165, 1.54) is 102 Å². The minimum Gasteiger partial charge on any atom is -0.313 e. The number of unbranched alkanes of at least 4 members (excludes halogenated alkanes) is 1. The largest absolute Gasteiger partial charge is 0.313 e. The van der Waals surface area contributed by atoms with Gasteiger partial charge in [-0.25, -0.2) is 0 Å². The summed E-state index contributed by atoms with van der Waals surface area (Å²) in [5.74, 6) is 0. The molecule has 9 rings (SSSR count). The lowest BCUT2D eigenvalue weighted by Crippen LogP contribution is -2.28. The number of aryl methyl sites for hydroxylation is 1. The first-order valence-corrected chi connectivity index (χ1v) is 21.9. The molecule has 3 aliphatic rings. The Kier molecular flexibility index (Phi) is 14.2. The molecule has 0 amide bonds. The molecule has 0 N–H and O–H groups in total. The van der Waals surface area contributed by atoms with Gasteiger partial charge in [0.25, 0.3) is 0 Å². The van der Waals surface area contributed by atoms with Crippen molar-refractivity contribution in [2.24, 2.45) is 0 Å². The van der Waals surface area contributed by atoms with E-state index in [0.717, 1.165) is 37.3 Å². The van der Waals surface area contributed by atoms with Gasteiger partial charge in [0.15, 0.2) is 0 Å². The second-order valence-electron chi connectivity index (χ2n) is 15.2. The average Bonchev–Trinajstić information content (AvgIpc) is 3.92. The molecule has 0 saturated heterocycles. The van der Waals surface area contributed by atoms with E-state index in [-0.39, 0.29) is 0 Å². The number of fused-ring (bicyclic) bond motifs is 5. The summed E-state index contributed by atoms with van der Waals surface area (Å²) in [6, 6.07) is 42.5. The van der Waals surface area contributed by atoms with Gasteiger partial charge in [0, 0.05) is 11.4 Å². The van der Waals surface area contributed by atoms with Gasteiger partial charge in [0.05, 0.1) is 5.35 Å². The Labute approximate surface area is 349 Å². The molecule has 58 heavy (non-hydrogen) atoms. The summed E-state index contributed by atoms with van der Waals surface area (Å²) in [4.78, 5) is 0. The van der Waals surface area contributed by atoms with Crippen molar-refractivity contribution in [1.29, 1.82) is 0 Å². The molecule has 0 bridgehead atoms. The summed E-state index contributed by atoms with van der Waals surface area (Å²) in [6.07, 6.45) is 16.7. The van der Waals surface area contributed by atoms with E-state index in [2.05, 4.69) is 178 Å². The number of allylic oxidation sites excluding steroid dienone is 6. The lowest BCUT2D eigenvalue weighted by molar-refractivity contribution is 0.751. The van der Waals surface area contributed by atoms with Gasteiger partial charge < -0.3 is 4.57 Å². The van der Waals surface area contributed by atoms with Crippen LogP contribution in [-0.4, -0.2) is 4.57 Å². The third-order valence-corrected chi connectivity index (χ3v) is 11.7. The fourth-order valence-electron chi connectivity index (χ4n) is 8.67. The third kappa shape index (κ3) is 8.75. The maximum atomic E-state index is 4.45. The summed E-state index contributed by atoms with van der Waals surface area (Å²) in [5, 5.41) is 2.33. The van der Waals surface area contributed by atoms with Crippen LogP contribution in [0.2, 0.25) is 0 Å². The van der Waals surface area contributed by atoms with E-state index >= 15 is 0 Å². The molecular formula is C57H63N. The highest BCUT2D eigenvalue weighted by Gasteiger charge is 2.25. The normalized spacial score (nSPS) is 13.6. The van der Waals surface area contributed by atoms with Crippen molar-refractivity contribution in [3.8, 4) is 27.9 Å². The van der Waals surface area contributed by atoms with E-state index in [4.69, 9.17) is 0 Å². The minimum atomic E-state index is 1.03. The van der Waals surface area contributed by atoms with Crippen LogP contribution in [-0.2, 0) is 19.3 Å². The van der Waals surface area contributed by atoms with Crippen LogP contribution in [0.25, 0.3) is 51.7 Å². The molecule has 0 atom stereocenters. The fourth-order valence-corrected chi connectivity index (χ4v) is 8.67. The van der Waals surface area contributed by atoms with Gasteiger partial charge in [-0.1, -0.05) is 175 Å². The quantitative estimate of drug-likeness (QED) is 0.152. The molecule has 5 aromatic carbocycles. The third-order valence-electron chi connectivity index (χ3n) is 11.7. The van der Waals surface area contributed by atoms with Gasteiger partial charge in [-0.15, -0.1) is 0 Å². The Hall–Kier alpha value is -5.66. The number of benzene rings is 5. The molecule has 3 aliphatic carbocycles. The van der Waals surface area contributed by atoms with Crippen LogP contribution in [0.15, 0.2) is 139 Å². The molecule has 1 aromatic heterocycles. The van der Waals surface area contributed by atoms with Crippen molar-refractivity contribution >= 4 is 23.8 Å². The monoisotopic (exact) mass is 761 g/mol. The van der Waals surface area contributed by atoms with Crippen LogP contribution in [0, 0.1) is 13.8 Å². The zero-order valence-electron chi connectivity index (χ0n) is 36.4. The van der Waals surface area contributed by atoms with Crippen LogP contribution in [0.4, 0.5) is 0 Å². The average molecular weight is 762 g/mol. The molecule has 6 aromatic rings. The van der Waals surface area contributed by atoms with E-state index in [1.54, 1.807) is 5.57 Å². The van der Waals surface area contributed by atoms with Gasteiger partial charge in [-0.05, 0) is 155 Å². The topological polar surface area (TPSA) is 4.93 Å². The van der Waals surface area contributed by atoms with Crippen LogP contribution in [0.5, 0.6) is 0 Å². The van der Waals surface area contributed by atoms with Gasteiger partial charge in [0.2, 0.25) is 0 Å². The molecule has 1 nitrogen and oxygen atoms in total. The first kappa shape index (κ1) is 42.0. The predicted octanol–water partition coefficient (Wildman–Crippen LogP) is 14.4. The van der Waals surface area contributed by atoms with Crippen LogP contribution < -0.4 is 10.6 Å². The lowest BCUT2D eigenvalue weighted by atomic mass is 9.88. The van der Waals surface area contributed by atoms with E-state index < -0.39 is 0 Å². The van der Waals surface area contributed by atoms with Gasteiger partial charge in [-0.3, -0.25) is 0 Å². The SMILES string of the molecule is C=c1c(C)c(CCCC)n(-c2ccc(C3=CC4=C(CC3)c3ccc(-c5ccc(C)cc5)cc3C4)cc2)/c1=C/C=C\C.CC.CC.c1ccc2c(c1)Cc1ccccc1-2. The number of rotatable bonds is 7. The zero-order valence-corrected chi connectivity index (χ0v) is 36.4. The van der Waals surface area contributed by atoms with Gasteiger partial charge in [0.1, 0.15) is 0 Å². The maximum absolute atomic E-state index is 4.45. The van der Waals surface area contributed by atoms with Crippen molar-refractivity contribution in [1.82, 2.24) is 4.57 Å². The highest BCUT2D eigenvalue weighted by atomic mass is 15.0.